The van der Waals surface area contributed by atoms with Crippen molar-refractivity contribution in [3.63, 3.8) is 0 Å². The molecule has 1 heterocycles. The molecule has 2 aromatic rings. The summed E-state index contributed by atoms with van der Waals surface area (Å²) in [6, 6.07) is 11.6. The summed E-state index contributed by atoms with van der Waals surface area (Å²) in [5, 5.41) is 0. The number of nitrogens with one attached hydrogen (secondary N) is 1. The molecular weight excluding hydrogens is 284 g/mol. The topological polar surface area (TPSA) is 51.1 Å². The first kappa shape index (κ1) is 15.8. The smallest absolute Gasteiger partial charge is 0.212 e. The molecule has 0 aliphatic heterocycles. The van der Waals surface area contributed by atoms with Crippen LogP contribution in [0.5, 0.6) is 0 Å². The van der Waals surface area contributed by atoms with E-state index in [1.165, 1.54) is 0 Å². The van der Waals surface area contributed by atoms with Gasteiger partial charge in [0.2, 0.25) is 10.0 Å². The molecule has 0 spiro atoms. The Morgan fingerprint density at radius 2 is 1.76 bits per heavy atom. The Bertz CT molecular complexity index is 646. The van der Waals surface area contributed by atoms with Crippen molar-refractivity contribution in [1.82, 2.24) is 9.29 Å². The molecule has 1 aromatic heterocycles. The first-order chi connectivity index (χ1) is 10.0. The number of unbranched alkanes of at least 4 members (excludes halogenated alkanes) is 1. The number of hydrogen-bond donors (Lipinski definition) is 1. The minimum absolute atomic E-state index is 0.190. The summed E-state index contributed by atoms with van der Waals surface area (Å²) >= 11 is 0. The van der Waals surface area contributed by atoms with Gasteiger partial charge in [-0.05, 0) is 43.2 Å². The molecule has 1 atom stereocenters. The van der Waals surface area contributed by atoms with Gasteiger partial charge in [0.25, 0.3) is 0 Å². The zero-order valence-corrected chi connectivity index (χ0v) is 13.3. The van der Waals surface area contributed by atoms with E-state index in [0.717, 1.165) is 17.7 Å². The number of sulfonamides is 1. The minimum atomic E-state index is -3.20. The van der Waals surface area contributed by atoms with Gasteiger partial charge < -0.3 is 4.57 Å². The zero-order valence-electron chi connectivity index (χ0n) is 12.5. The van der Waals surface area contributed by atoms with Gasteiger partial charge >= 0.3 is 0 Å². The quantitative estimate of drug-likeness (QED) is 0.853. The van der Waals surface area contributed by atoms with Gasteiger partial charge in [-0.3, -0.25) is 0 Å². The maximum Gasteiger partial charge on any atom is 0.212 e. The molecule has 1 aromatic carbocycles. The molecule has 0 saturated carbocycles. The van der Waals surface area contributed by atoms with Crippen molar-refractivity contribution in [3.8, 4) is 5.69 Å². The van der Waals surface area contributed by atoms with Crippen LogP contribution in [0.3, 0.4) is 0 Å². The molecular formula is C16H22N2O2S. The summed E-state index contributed by atoms with van der Waals surface area (Å²) in [7, 11) is -3.20. The predicted octanol–water partition coefficient (Wildman–Crippen LogP) is 3.26. The average Bonchev–Trinajstić information content (AvgIpc) is 2.99. The summed E-state index contributed by atoms with van der Waals surface area (Å²) in [4.78, 5) is 0. The van der Waals surface area contributed by atoms with Crippen LogP contribution in [-0.4, -0.2) is 18.7 Å². The van der Waals surface area contributed by atoms with Crippen LogP contribution in [-0.2, 0) is 10.0 Å². The molecule has 1 N–H and O–H groups in total. The van der Waals surface area contributed by atoms with Gasteiger partial charge in [-0.25, -0.2) is 13.1 Å². The monoisotopic (exact) mass is 306 g/mol. The van der Waals surface area contributed by atoms with Crippen LogP contribution in [0.25, 0.3) is 5.69 Å². The molecule has 0 amide bonds. The van der Waals surface area contributed by atoms with Gasteiger partial charge in [-0.1, -0.05) is 25.5 Å². The van der Waals surface area contributed by atoms with Crippen molar-refractivity contribution in [2.75, 3.05) is 5.75 Å². The molecule has 0 saturated heterocycles. The predicted molar refractivity (Wildman–Crippen MR) is 86.0 cm³/mol. The van der Waals surface area contributed by atoms with Gasteiger partial charge in [0.15, 0.2) is 0 Å². The highest BCUT2D eigenvalue weighted by atomic mass is 32.2. The fourth-order valence-electron chi connectivity index (χ4n) is 2.17. The third kappa shape index (κ3) is 4.44. The van der Waals surface area contributed by atoms with E-state index >= 15 is 0 Å². The summed E-state index contributed by atoms with van der Waals surface area (Å²) in [6.07, 6.45) is 5.52. The lowest BCUT2D eigenvalue weighted by molar-refractivity contribution is 0.564. The van der Waals surface area contributed by atoms with E-state index in [2.05, 4.69) is 4.72 Å². The molecule has 4 nitrogen and oxygen atoms in total. The van der Waals surface area contributed by atoms with Gasteiger partial charge in [-0.2, -0.15) is 0 Å². The average molecular weight is 306 g/mol. The summed E-state index contributed by atoms with van der Waals surface area (Å²) in [5.74, 6) is 0.190. The Kier molecular flexibility index (Phi) is 5.20. The Hall–Kier alpha value is -1.59. The van der Waals surface area contributed by atoms with Crippen molar-refractivity contribution < 1.29 is 8.42 Å². The highest BCUT2D eigenvalue weighted by Gasteiger charge is 2.15. The van der Waals surface area contributed by atoms with Crippen LogP contribution in [0.15, 0.2) is 48.8 Å². The first-order valence-corrected chi connectivity index (χ1v) is 8.90. The fraction of sp³-hybridized carbons (Fsp3) is 0.375. The number of nitrogens with zero attached hydrogens (tertiary/aromatic N) is 1. The van der Waals surface area contributed by atoms with Crippen molar-refractivity contribution in [2.24, 2.45) is 0 Å². The lowest BCUT2D eigenvalue weighted by Gasteiger charge is -2.15. The third-order valence-corrected chi connectivity index (χ3v) is 4.96. The standard InChI is InChI=1S/C16H22N2O2S/c1-3-4-13-21(19,20)17-14(2)15-7-9-16(10-8-15)18-11-5-6-12-18/h5-12,14,17H,3-4,13H2,1-2H3/t14-/m1/s1. The second-order valence-electron chi connectivity index (χ2n) is 5.19. The summed E-state index contributed by atoms with van der Waals surface area (Å²) in [6.45, 7) is 3.85. The van der Waals surface area contributed by atoms with E-state index in [9.17, 15) is 8.42 Å². The van der Waals surface area contributed by atoms with Crippen molar-refractivity contribution in [2.45, 2.75) is 32.7 Å². The van der Waals surface area contributed by atoms with Crippen LogP contribution >= 0.6 is 0 Å². The third-order valence-electron chi connectivity index (χ3n) is 3.42. The van der Waals surface area contributed by atoms with Gasteiger partial charge in [-0.15, -0.1) is 0 Å². The van der Waals surface area contributed by atoms with E-state index in [1.807, 2.05) is 67.2 Å². The van der Waals surface area contributed by atoms with Crippen molar-refractivity contribution in [1.29, 1.82) is 0 Å². The summed E-state index contributed by atoms with van der Waals surface area (Å²) in [5.41, 5.74) is 2.02. The highest BCUT2D eigenvalue weighted by molar-refractivity contribution is 7.89. The zero-order chi connectivity index (χ0) is 15.3. The van der Waals surface area contributed by atoms with Gasteiger partial charge in [0.1, 0.15) is 0 Å². The van der Waals surface area contributed by atoms with E-state index in [0.29, 0.717) is 6.42 Å². The number of rotatable bonds is 7. The maximum atomic E-state index is 11.9. The van der Waals surface area contributed by atoms with Crippen LogP contribution < -0.4 is 4.72 Å². The number of hydrogen-bond acceptors (Lipinski definition) is 2. The Morgan fingerprint density at radius 3 is 2.33 bits per heavy atom. The molecule has 2 rings (SSSR count). The van der Waals surface area contributed by atoms with Crippen LogP contribution in [0, 0.1) is 0 Å². The largest absolute Gasteiger partial charge is 0.324 e. The molecule has 0 unspecified atom stereocenters. The Labute approximate surface area is 126 Å². The first-order valence-electron chi connectivity index (χ1n) is 7.25. The maximum absolute atomic E-state index is 11.9. The van der Waals surface area contributed by atoms with Crippen LogP contribution in [0.2, 0.25) is 0 Å². The minimum Gasteiger partial charge on any atom is -0.324 e. The molecule has 0 fully saturated rings. The van der Waals surface area contributed by atoms with E-state index in [1.54, 1.807) is 0 Å². The second kappa shape index (κ2) is 6.91. The van der Waals surface area contributed by atoms with Gasteiger partial charge in [0.05, 0.1) is 5.75 Å². The number of benzene rings is 1. The molecule has 0 aliphatic rings. The van der Waals surface area contributed by atoms with E-state index in [-0.39, 0.29) is 11.8 Å². The lowest BCUT2D eigenvalue weighted by Crippen LogP contribution is -2.29. The molecule has 0 radical (unpaired) electrons. The molecule has 114 valence electrons. The normalized spacial score (nSPS) is 13.2. The molecule has 21 heavy (non-hydrogen) atoms. The van der Waals surface area contributed by atoms with Crippen molar-refractivity contribution in [3.05, 3.63) is 54.4 Å². The number of aromatic nitrogens is 1. The molecule has 0 bridgehead atoms. The highest BCUT2D eigenvalue weighted by Crippen LogP contribution is 2.17. The van der Waals surface area contributed by atoms with Crippen LogP contribution in [0.4, 0.5) is 0 Å². The second-order valence-corrected chi connectivity index (χ2v) is 7.07. The van der Waals surface area contributed by atoms with Crippen molar-refractivity contribution >= 4 is 10.0 Å². The molecule has 5 heteroatoms. The molecule has 0 aliphatic carbocycles. The van der Waals surface area contributed by atoms with E-state index in [4.69, 9.17) is 0 Å². The fourth-order valence-corrected chi connectivity index (χ4v) is 3.63. The van der Waals surface area contributed by atoms with E-state index < -0.39 is 10.0 Å². The Balaban J connectivity index is 2.05. The summed E-state index contributed by atoms with van der Waals surface area (Å²) < 4.78 is 28.6. The lowest BCUT2D eigenvalue weighted by atomic mass is 10.1. The SMILES string of the molecule is CCCCS(=O)(=O)N[C@H](C)c1ccc(-n2cccc2)cc1. The van der Waals surface area contributed by atoms with Gasteiger partial charge in [0, 0.05) is 24.1 Å². The van der Waals surface area contributed by atoms with Crippen LogP contribution in [0.1, 0.15) is 38.3 Å². The Morgan fingerprint density at radius 1 is 1.14 bits per heavy atom.